The Balaban J connectivity index is 1.98. The minimum atomic E-state index is -4.74. The van der Waals surface area contributed by atoms with Crippen molar-refractivity contribution in [1.82, 2.24) is 0 Å². The standard InChI is InChI=1S/C18H17O7P/c19-18-10-6-14-5-9-16(25-26(20,21)22)17(12-14)24-15-7-3-13(4-8-15)2-1-11-23-18/h1-5,7-9,12H,6,10-11H2,(H2,20,21,22)/b2-1-. The molecule has 7 nitrogen and oxygen atoms in total. The summed E-state index contributed by atoms with van der Waals surface area (Å²) < 4.78 is 26.8. The fraction of sp³-hybridized carbons (Fsp3) is 0.167. The number of aryl methyl sites for hydroxylation is 1. The summed E-state index contributed by atoms with van der Waals surface area (Å²) in [6.07, 6.45) is 4.14. The molecule has 26 heavy (non-hydrogen) atoms. The average Bonchev–Trinajstić information content (AvgIpc) is 2.59. The van der Waals surface area contributed by atoms with Crippen LogP contribution in [0.4, 0.5) is 0 Å². The van der Waals surface area contributed by atoms with Gasteiger partial charge in [0, 0.05) is 6.42 Å². The van der Waals surface area contributed by atoms with Crippen molar-refractivity contribution in [2.45, 2.75) is 12.8 Å². The van der Waals surface area contributed by atoms with Gasteiger partial charge in [0.05, 0.1) is 0 Å². The van der Waals surface area contributed by atoms with Crippen LogP contribution in [0.1, 0.15) is 17.5 Å². The molecule has 2 aliphatic heterocycles. The topological polar surface area (TPSA) is 102 Å². The minimum absolute atomic E-state index is 0.0852. The fourth-order valence-electron chi connectivity index (χ4n) is 2.41. The molecule has 0 spiro atoms. The lowest BCUT2D eigenvalue weighted by Gasteiger charge is -2.14. The first-order valence-electron chi connectivity index (χ1n) is 7.87. The van der Waals surface area contributed by atoms with Crippen molar-refractivity contribution in [3.8, 4) is 17.2 Å². The largest absolute Gasteiger partial charge is 0.524 e. The molecule has 0 amide bonds. The molecule has 0 unspecified atom stereocenters. The normalized spacial score (nSPS) is 16.0. The zero-order chi connectivity index (χ0) is 18.6. The lowest BCUT2D eigenvalue weighted by Crippen LogP contribution is -2.06. The Bertz CT molecular complexity index is 868. The van der Waals surface area contributed by atoms with Gasteiger partial charge >= 0.3 is 13.8 Å². The Morgan fingerprint density at radius 1 is 1.04 bits per heavy atom. The SMILES string of the molecule is O=C1CCc2ccc(OP(=O)(O)O)c(c2)Oc2ccc(cc2)/C=C\CO1. The molecule has 0 aliphatic carbocycles. The lowest BCUT2D eigenvalue weighted by atomic mass is 10.1. The van der Waals surface area contributed by atoms with E-state index in [0.717, 1.165) is 11.1 Å². The van der Waals surface area contributed by atoms with Crippen LogP contribution in [-0.4, -0.2) is 22.4 Å². The molecular weight excluding hydrogens is 359 g/mol. The van der Waals surface area contributed by atoms with E-state index in [0.29, 0.717) is 12.2 Å². The number of rotatable bonds is 2. The third kappa shape index (κ3) is 5.20. The van der Waals surface area contributed by atoms with Crippen LogP contribution in [0.3, 0.4) is 0 Å². The minimum Gasteiger partial charge on any atom is -0.461 e. The molecule has 2 heterocycles. The monoisotopic (exact) mass is 376 g/mol. The van der Waals surface area contributed by atoms with Crippen LogP contribution in [0.25, 0.3) is 6.08 Å². The number of carbonyl (C=O) groups is 1. The van der Waals surface area contributed by atoms with Gasteiger partial charge in [0.15, 0.2) is 11.5 Å². The Morgan fingerprint density at radius 3 is 2.54 bits per heavy atom. The third-order valence-corrected chi connectivity index (χ3v) is 4.04. The summed E-state index contributed by atoms with van der Waals surface area (Å²) in [7, 11) is -4.74. The summed E-state index contributed by atoms with van der Waals surface area (Å²) in [6, 6.07) is 11.7. The van der Waals surface area contributed by atoms with Gasteiger partial charge in [-0.3, -0.25) is 14.6 Å². The van der Waals surface area contributed by atoms with Gasteiger partial charge in [-0.25, -0.2) is 4.57 Å². The van der Waals surface area contributed by atoms with E-state index in [1.54, 1.807) is 42.5 Å². The second-order valence-corrected chi connectivity index (χ2v) is 6.78. The van der Waals surface area contributed by atoms with Crippen LogP contribution >= 0.6 is 7.82 Å². The van der Waals surface area contributed by atoms with E-state index in [1.165, 1.54) is 6.07 Å². The Hall–Kier alpha value is -2.60. The maximum absolute atomic E-state index is 11.8. The van der Waals surface area contributed by atoms with E-state index in [9.17, 15) is 9.36 Å². The smallest absolute Gasteiger partial charge is 0.461 e. The second-order valence-electron chi connectivity index (χ2n) is 5.62. The molecule has 2 aromatic carbocycles. The zero-order valence-electron chi connectivity index (χ0n) is 13.7. The number of phosphoric ester groups is 1. The highest BCUT2D eigenvalue weighted by molar-refractivity contribution is 7.46. The number of carbonyl (C=O) groups excluding carboxylic acids is 1. The number of hydrogen-bond donors (Lipinski definition) is 2. The lowest BCUT2D eigenvalue weighted by molar-refractivity contribution is -0.142. The zero-order valence-corrected chi connectivity index (χ0v) is 14.6. The Kier molecular flexibility index (Phi) is 5.42. The summed E-state index contributed by atoms with van der Waals surface area (Å²) in [5, 5.41) is 0. The highest BCUT2D eigenvalue weighted by atomic mass is 31.2. The molecule has 0 atom stereocenters. The first-order chi connectivity index (χ1) is 12.4. The van der Waals surface area contributed by atoms with Crippen LogP contribution in [-0.2, 0) is 20.5 Å². The van der Waals surface area contributed by atoms with Crippen LogP contribution in [0, 0.1) is 0 Å². The Labute approximate surface area is 150 Å². The number of phosphoric acid groups is 1. The van der Waals surface area contributed by atoms with Crippen molar-refractivity contribution in [3.63, 3.8) is 0 Å². The molecule has 2 N–H and O–H groups in total. The van der Waals surface area contributed by atoms with Gasteiger partial charge in [0.2, 0.25) is 0 Å². The summed E-state index contributed by atoms with van der Waals surface area (Å²) in [5.41, 5.74) is 1.64. The highest BCUT2D eigenvalue weighted by Crippen LogP contribution is 2.43. The van der Waals surface area contributed by atoms with Gasteiger partial charge in [0.1, 0.15) is 12.4 Å². The highest BCUT2D eigenvalue weighted by Gasteiger charge is 2.20. The number of fused-ring (bicyclic) bond motifs is 7. The number of hydrogen-bond acceptors (Lipinski definition) is 5. The summed E-state index contributed by atoms with van der Waals surface area (Å²) in [5.74, 6) is 0.213. The van der Waals surface area contributed by atoms with Crippen LogP contribution < -0.4 is 9.26 Å². The van der Waals surface area contributed by atoms with E-state index in [4.69, 9.17) is 23.8 Å². The fourth-order valence-corrected chi connectivity index (χ4v) is 2.82. The van der Waals surface area contributed by atoms with Gasteiger partial charge in [-0.15, -0.1) is 0 Å². The molecule has 2 aliphatic rings. The maximum Gasteiger partial charge on any atom is 0.524 e. The molecular formula is C18H17O7P. The first kappa shape index (κ1) is 18.2. The molecule has 4 rings (SSSR count). The van der Waals surface area contributed by atoms with E-state index in [2.05, 4.69) is 0 Å². The summed E-state index contributed by atoms with van der Waals surface area (Å²) >= 11 is 0. The van der Waals surface area contributed by atoms with E-state index in [-0.39, 0.29) is 30.5 Å². The van der Waals surface area contributed by atoms with Crippen LogP contribution in [0.5, 0.6) is 17.2 Å². The Morgan fingerprint density at radius 2 is 1.81 bits per heavy atom. The number of esters is 1. The molecule has 0 fully saturated rings. The van der Waals surface area contributed by atoms with Gasteiger partial charge < -0.3 is 14.0 Å². The molecule has 0 radical (unpaired) electrons. The van der Waals surface area contributed by atoms with Crippen molar-refractivity contribution in [3.05, 3.63) is 59.7 Å². The molecule has 0 saturated heterocycles. The summed E-state index contributed by atoms with van der Waals surface area (Å²) in [6.45, 7) is 0.192. The van der Waals surface area contributed by atoms with Crippen molar-refractivity contribution < 1.29 is 33.1 Å². The second kappa shape index (κ2) is 7.74. The van der Waals surface area contributed by atoms with Crippen LogP contribution in [0.2, 0.25) is 0 Å². The van der Waals surface area contributed by atoms with Crippen molar-refractivity contribution in [2.75, 3.05) is 6.61 Å². The quantitative estimate of drug-likeness (QED) is 0.611. The van der Waals surface area contributed by atoms with E-state index < -0.39 is 7.82 Å². The van der Waals surface area contributed by atoms with Crippen molar-refractivity contribution in [1.29, 1.82) is 0 Å². The third-order valence-electron chi connectivity index (χ3n) is 3.60. The first-order valence-corrected chi connectivity index (χ1v) is 9.40. The van der Waals surface area contributed by atoms with Crippen molar-refractivity contribution >= 4 is 19.9 Å². The van der Waals surface area contributed by atoms with E-state index in [1.807, 2.05) is 6.08 Å². The average molecular weight is 376 g/mol. The van der Waals surface area contributed by atoms with Gasteiger partial charge in [-0.05, 0) is 47.9 Å². The van der Waals surface area contributed by atoms with Crippen molar-refractivity contribution in [2.24, 2.45) is 0 Å². The van der Waals surface area contributed by atoms with E-state index >= 15 is 0 Å². The van der Waals surface area contributed by atoms with Gasteiger partial charge in [-0.1, -0.05) is 24.3 Å². The number of ether oxygens (including phenoxy) is 2. The van der Waals surface area contributed by atoms with Gasteiger partial charge in [-0.2, -0.15) is 0 Å². The molecule has 4 bridgehead atoms. The predicted molar refractivity (Wildman–Crippen MR) is 93.9 cm³/mol. The predicted octanol–water partition coefficient (Wildman–Crippen LogP) is 3.45. The number of benzene rings is 2. The molecule has 0 saturated carbocycles. The molecule has 8 heteroatoms. The molecule has 2 aromatic rings. The maximum atomic E-state index is 11.8. The summed E-state index contributed by atoms with van der Waals surface area (Å²) in [4.78, 5) is 29.9. The van der Waals surface area contributed by atoms with Crippen LogP contribution in [0.15, 0.2) is 48.5 Å². The van der Waals surface area contributed by atoms with Gasteiger partial charge in [0.25, 0.3) is 0 Å². The molecule has 0 aromatic heterocycles. The molecule has 136 valence electrons.